The summed E-state index contributed by atoms with van der Waals surface area (Å²) in [5.74, 6) is 0.863. The highest BCUT2D eigenvalue weighted by Crippen LogP contribution is 2.18. The third kappa shape index (κ3) is 49.8. The Labute approximate surface area is 399 Å². The first-order chi connectivity index (χ1) is 31.3. The van der Waals surface area contributed by atoms with Crippen LogP contribution in [0.2, 0.25) is 0 Å². The highest BCUT2D eigenvalue weighted by Gasteiger charge is 2.19. The molecular formula is C58H112O6. The van der Waals surface area contributed by atoms with Gasteiger partial charge in [0.25, 0.3) is 0 Å². The van der Waals surface area contributed by atoms with Crippen molar-refractivity contribution in [2.75, 3.05) is 13.2 Å². The lowest BCUT2D eigenvalue weighted by molar-refractivity contribution is -0.167. The molecule has 0 aliphatic heterocycles. The second kappa shape index (κ2) is 50.8. The van der Waals surface area contributed by atoms with Crippen molar-refractivity contribution in [3.05, 3.63) is 0 Å². The Morgan fingerprint density at radius 1 is 0.328 bits per heavy atom. The summed E-state index contributed by atoms with van der Waals surface area (Å²) in [6.45, 7) is 11.4. The van der Waals surface area contributed by atoms with Crippen LogP contribution < -0.4 is 0 Å². The third-order valence-electron chi connectivity index (χ3n) is 13.6. The minimum absolute atomic E-state index is 0.0632. The van der Waals surface area contributed by atoms with E-state index in [0.717, 1.165) is 69.6 Å². The van der Waals surface area contributed by atoms with Crippen LogP contribution in [0, 0.1) is 11.8 Å². The molecule has 0 fully saturated rings. The zero-order valence-electron chi connectivity index (χ0n) is 43.9. The van der Waals surface area contributed by atoms with E-state index in [4.69, 9.17) is 14.2 Å². The number of ether oxygens (including phenoxy) is 3. The van der Waals surface area contributed by atoms with Gasteiger partial charge in [-0.25, -0.2) is 0 Å². The Bertz CT molecular complexity index is 980. The molecule has 6 heteroatoms. The van der Waals surface area contributed by atoms with Crippen molar-refractivity contribution < 1.29 is 28.6 Å². The fourth-order valence-corrected chi connectivity index (χ4v) is 8.84. The maximum Gasteiger partial charge on any atom is 0.306 e. The fraction of sp³-hybridized carbons (Fsp3) is 0.948. The van der Waals surface area contributed by atoms with E-state index in [9.17, 15) is 14.4 Å². The molecule has 0 saturated carbocycles. The highest BCUT2D eigenvalue weighted by atomic mass is 16.6. The molecule has 0 aliphatic rings. The highest BCUT2D eigenvalue weighted by molar-refractivity contribution is 5.71. The van der Waals surface area contributed by atoms with Crippen molar-refractivity contribution in [1.29, 1.82) is 0 Å². The Hall–Kier alpha value is -1.59. The average Bonchev–Trinajstić information content (AvgIpc) is 3.28. The van der Waals surface area contributed by atoms with Crippen molar-refractivity contribution in [2.24, 2.45) is 11.8 Å². The van der Waals surface area contributed by atoms with Crippen molar-refractivity contribution in [1.82, 2.24) is 0 Å². The summed E-state index contributed by atoms with van der Waals surface area (Å²) in [6, 6.07) is 0. The zero-order valence-corrected chi connectivity index (χ0v) is 43.9. The molecular weight excluding hydrogens is 793 g/mol. The van der Waals surface area contributed by atoms with Gasteiger partial charge in [0.05, 0.1) is 0 Å². The van der Waals surface area contributed by atoms with Gasteiger partial charge in [0.15, 0.2) is 6.10 Å². The van der Waals surface area contributed by atoms with E-state index in [1.807, 2.05) is 0 Å². The van der Waals surface area contributed by atoms with Gasteiger partial charge in [-0.15, -0.1) is 0 Å². The minimum atomic E-state index is -0.762. The molecule has 380 valence electrons. The van der Waals surface area contributed by atoms with Gasteiger partial charge in [-0.05, 0) is 31.1 Å². The molecule has 1 unspecified atom stereocenters. The topological polar surface area (TPSA) is 78.9 Å². The van der Waals surface area contributed by atoms with Gasteiger partial charge in [-0.2, -0.15) is 0 Å². The molecule has 0 spiro atoms. The average molecular weight is 906 g/mol. The number of hydrogen-bond acceptors (Lipinski definition) is 6. The monoisotopic (exact) mass is 905 g/mol. The summed E-state index contributed by atoms with van der Waals surface area (Å²) in [5, 5.41) is 0. The Kier molecular flexibility index (Phi) is 49.6. The van der Waals surface area contributed by atoms with Gasteiger partial charge >= 0.3 is 17.9 Å². The number of esters is 3. The summed E-state index contributed by atoms with van der Waals surface area (Å²) in [6.07, 6.45) is 53.8. The quantitative estimate of drug-likeness (QED) is 0.0344. The molecule has 0 heterocycles. The first-order valence-corrected chi connectivity index (χ1v) is 28.8. The zero-order chi connectivity index (χ0) is 46.8. The summed E-state index contributed by atoms with van der Waals surface area (Å²) in [5.41, 5.74) is 0. The normalized spacial score (nSPS) is 12.5. The van der Waals surface area contributed by atoms with E-state index in [-0.39, 0.29) is 31.1 Å². The van der Waals surface area contributed by atoms with Crippen LogP contribution in [0.15, 0.2) is 0 Å². The molecule has 2 atom stereocenters. The molecule has 0 radical (unpaired) electrons. The second-order valence-corrected chi connectivity index (χ2v) is 20.6. The molecule has 0 bridgehead atoms. The SMILES string of the molecule is CCCCCCCCCCCCCCCC(=O)OC[C@H](COC(=O)CCCCCCCCCCC(C)C)OC(=O)CCCCCCCCCCCCCCCCCCCCC(C)CC. The molecule has 0 N–H and O–H groups in total. The van der Waals surface area contributed by atoms with Crippen LogP contribution in [-0.4, -0.2) is 37.2 Å². The molecule has 0 aromatic carbocycles. The standard InChI is InChI=1S/C58H112O6/c1-6-8-9-10-11-12-13-20-24-27-33-38-43-48-56(59)62-51-55(52-63-57(60)49-44-39-34-30-29-31-36-41-46-53(3)4)64-58(61)50-45-40-35-28-25-22-19-17-15-14-16-18-21-23-26-32-37-42-47-54(5)7-2/h53-55H,6-52H2,1-5H3/t54?,55-/m1/s1. The smallest absolute Gasteiger partial charge is 0.306 e. The van der Waals surface area contributed by atoms with Crippen LogP contribution in [0.25, 0.3) is 0 Å². The van der Waals surface area contributed by atoms with E-state index >= 15 is 0 Å². The van der Waals surface area contributed by atoms with Gasteiger partial charge in [0, 0.05) is 19.3 Å². The first-order valence-electron chi connectivity index (χ1n) is 28.8. The summed E-state index contributed by atoms with van der Waals surface area (Å²) in [4.78, 5) is 38.0. The third-order valence-corrected chi connectivity index (χ3v) is 13.6. The molecule has 0 saturated heterocycles. The van der Waals surface area contributed by atoms with Crippen LogP contribution in [0.5, 0.6) is 0 Å². The summed E-state index contributed by atoms with van der Waals surface area (Å²) < 4.78 is 16.9. The number of unbranched alkanes of at least 4 members (excludes halogenated alkanes) is 36. The second-order valence-electron chi connectivity index (χ2n) is 20.6. The first kappa shape index (κ1) is 62.4. The van der Waals surface area contributed by atoms with E-state index in [1.165, 1.54) is 212 Å². The van der Waals surface area contributed by atoms with Crippen molar-refractivity contribution in [3.63, 3.8) is 0 Å². The van der Waals surface area contributed by atoms with Crippen LogP contribution in [-0.2, 0) is 28.6 Å². The maximum absolute atomic E-state index is 12.8. The van der Waals surface area contributed by atoms with Crippen molar-refractivity contribution in [2.45, 2.75) is 330 Å². The largest absolute Gasteiger partial charge is 0.462 e. The number of rotatable bonds is 52. The summed E-state index contributed by atoms with van der Waals surface area (Å²) in [7, 11) is 0. The van der Waals surface area contributed by atoms with E-state index in [2.05, 4.69) is 34.6 Å². The van der Waals surface area contributed by atoms with Crippen molar-refractivity contribution >= 4 is 17.9 Å². The molecule has 64 heavy (non-hydrogen) atoms. The Morgan fingerprint density at radius 2 is 0.594 bits per heavy atom. The molecule has 6 nitrogen and oxygen atoms in total. The van der Waals surface area contributed by atoms with E-state index in [1.54, 1.807) is 0 Å². The lowest BCUT2D eigenvalue weighted by Gasteiger charge is -2.18. The molecule has 0 aromatic heterocycles. The van der Waals surface area contributed by atoms with Crippen LogP contribution >= 0.6 is 0 Å². The molecule has 0 aliphatic carbocycles. The van der Waals surface area contributed by atoms with Crippen molar-refractivity contribution in [3.8, 4) is 0 Å². The van der Waals surface area contributed by atoms with Crippen LogP contribution in [0.3, 0.4) is 0 Å². The number of carbonyl (C=O) groups is 3. The maximum atomic E-state index is 12.8. The van der Waals surface area contributed by atoms with E-state index < -0.39 is 6.10 Å². The molecule has 0 rings (SSSR count). The van der Waals surface area contributed by atoms with Crippen LogP contribution in [0.4, 0.5) is 0 Å². The predicted octanol–water partition coefficient (Wildman–Crippen LogP) is 18.9. The summed E-state index contributed by atoms with van der Waals surface area (Å²) >= 11 is 0. The van der Waals surface area contributed by atoms with Gasteiger partial charge in [-0.3, -0.25) is 14.4 Å². The van der Waals surface area contributed by atoms with Gasteiger partial charge in [-0.1, -0.05) is 285 Å². The lowest BCUT2D eigenvalue weighted by atomic mass is 9.99. The molecule has 0 aromatic rings. The van der Waals surface area contributed by atoms with Gasteiger partial charge in [0.2, 0.25) is 0 Å². The minimum Gasteiger partial charge on any atom is -0.462 e. The Balaban J connectivity index is 4.22. The molecule has 0 amide bonds. The van der Waals surface area contributed by atoms with Gasteiger partial charge < -0.3 is 14.2 Å². The number of hydrogen-bond donors (Lipinski definition) is 0. The van der Waals surface area contributed by atoms with E-state index in [0.29, 0.717) is 19.3 Å². The lowest BCUT2D eigenvalue weighted by Crippen LogP contribution is -2.30. The van der Waals surface area contributed by atoms with Crippen LogP contribution in [0.1, 0.15) is 324 Å². The number of carbonyl (C=O) groups excluding carboxylic acids is 3. The fourth-order valence-electron chi connectivity index (χ4n) is 8.84. The predicted molar refractivity (Wildman–Crippen MR) is 275 cm³/mol. The van der Waals surface area contributed by atoms with Gasteiger partial charge in [0.1, 0.15) is 13.2 Å². The Morgan fingerprint density at radius 3 is 0.891 bits per heavy atom.